The van der Waals surface area contributed by atoms with Crippen LogP contribution in [0.1, 0.15) is 50.2 Å². The first kappa shape index (κ1) is 24.4. The van der Waals surface area contributed by atoms with Crippen molar-refractivity contribution in [2.24, 2.45) is 5.92 Å². The molecule has 1 aliphatic carbocycles. The molecule has 4 atom stereocenters. The standard InChI is InChI=1S/C26H31NO6S/c1-18-12-14-22(15-13-18)34(30,31)33-19(2)25(28)27-23-11-7-6-10-21(23)16-24(27)26(29)32-17-20-8-4-3-5-9-20/h3-5,8-9,12-15,19,21,23-24H,6-7,10-11,16-17H2,1-2H3/t19-,21+,23+,24+/m1/s1. The molecule has 8 heteroatoms. The maximum Gasteiger partial charge on any atom is 0.329 e. The van der Waals surface area contributed by atoms with Crippen LogP contribution in [0, 0.1) is 12.8 Å². The Morgan fingerprint density at radius 3 is 2.41 bits per heavy atom. The minimum atomic E-state index is -4.13. The highest BCUT2D eigenvalue weighted by molar-refractivity contribution is 7.86. The van der Waals surface area contributed by atoms with Gasteiger partial charge in [0.25, 0.3) is 16.0 Å². The van der Waals surface area contributed by atoms with Gasteiger partial charge in [0.15, 0.2) is 6.10 Å². The predicted octanol–water partition coefficient (Wildman–Crippen LogP) is 3.99. The SMILES string of the molecule is Cc1ccc(S(=O)(=O)O[C@H](C)C(=O)N2[C@H](C(=O)OCc3ccccc3)C[C@@H]3CCCC[C@@H]32)cc1. The minimum Gasteiger partial charge on any atom is -0.459 e. The Bertz CT molecular complexity index is 1120. The second-order valence-corrected chi connectivity index (χ2v) is 10.8. The Morgan fingerprint density at radius 1 is 1.03 bits per heavy atom. The number of carbonyl (C=O) groups is 2. The molecule has 1 saturated heterocycles. The average molecular weight is 486 g/mol. The normalized spacial score (nSPS) is 23.2. The van der Waals surface area contributed by atoms with Crippen LogP contribution in [0.4, 0.5) is 0 Å². The fourth-order valence-electron chi connectivity index (χ4n) is 5.01. The van der Waals surface area contributed by atoms with Crippen LogP contribution < -0.4 is 0 Å². The zero-order chi connectivity index (χ0) is 24.3. The second kappa shape index (κ2) is 10.3. The molecule has 2 aromatic rings. The summed E-state index contributed by atoms with van der Waals surface area (Å²) in [5, 5.41) is 0. The average Bonchev–Trinajstić information content (AvgIpc) is 3.22. The van der Waals surface area contributed by atoms with Gasteiger partial charge >= 0.3 is 5.97 Å². The minimum absolute atomic E-state index is 0.00599. The summed E-state index contributed by atoms with van der Waals surface area (Å²) in [6, 6.07) is 14.8. The number of ether oxygens (including phenoxy) is 1. The molecule has 2 aromatic carbocycles. The van der Waals surface area contributed by atoms with Crippen LogP contribution in [0.3, 0.4) is 0 Å². The van der Waals surface area contributed by atoms with Crippen molar-refractivity contribution in [1.82, 2.24) is 4.90 Å². The number of esters is 1. The summed E-state index contributed by atoms with van der Waals surface area (Å²) in [6.07, 6.45) is 3.03. The Labute approximate surface area is 201 Å². The van der Waals surface area contributed by atoms with Gasteiger partial charge in [-0.3, -0.25) is 8.98 Å². The topological polar surface area (TPSA) is 90.0 Å². The number of hydrogen-bond donors (Lipinski definition) is 0. The molecule has 2 fully saturated rings. The monoisotopic (exact) mass is 485 g/mol. The van der Waals surface area contributed by atoms with Crippen LogP contribution in [0.15, 0.2) is 59.5 Å². The molecule has 2 aliphatic rings. The van der Waals surface area contributed by atoms with Crippen LogP contribution in [0.25, 0.3) is 0 Å². The van der Waals surface area contributed by atoms with Crippen molar-refractivity contribution >= 4 is 22.0 Å². The van der Waals surface area contributed by atoms with E-state index in [1.807, 2.05) is 37.3 Å². The molecule has 7 nitrogen and oxygen atoms in total. The lowest BCUT2D eigenvalue weighted by molar-refractivity contribution is -0.158. The molecule has 0 bridgehead atoms. The van der Waals surface area contributed by atoms with E-state index in [1.54, 1.807) is 17.0 Å². The van der Waals surface area contributed by atoms with Gasteiger partial charge in [-0.2, -0.15) is 8.42 Å². The van der Waals surface area contributed by atoms with Crippen molar-refractivity contribution in [3.8, 4) is 0 Å². The van der Waals surface area contributed by atoms with E-state index in [0.29, 0.717) is 6.42 Å². The molecule has 0 unspecified atom stereocenters. The fraction of sp³-hybridized carbons (Fsp3) is 0.462. The van der Waals surface area contributed by atoms with Crippen molar-refractivity contribution < 1.29 is 26.9 Å². The summed E-state index contributed by atoms with van der Waals surface area (Å²) in [6.45, 7) is 3.41. The molecule has 0 N–H and O–H groups in total. The van der Waals surface area contributed by atoms with E-state index in [4.69, 9.17) is 8.92 Å². The summed E-state index contributed by atoms with van der Waals surface area (Å²) in [4.78, 5) is 28.1. The zero-order valence-electron chi connectivity index (χ0n) is 19.6. The Morgan fingerprint density at radius 2 is 1.71 bits per heavy atom. The van der Waals surface area contributed by atoms with Crippen molar-refractivity contribution in [3.05, 3.63) is 65.7 Å². The highest BCUT2D eigenvalue weighted by Crippen LogP contribution is 2.40. The van der Waals surface area contributed by atoms with Crippen molar-refractivity contribution in [2.75, 3.05) is 0 Å². The summed E-state index contributed by atoms with van der Waals surface area (Å²) >= 11 is 0. The third-order valence-electron chi connectivity index (χ3n) is 6.77. The molecule has 0 spiro atoms. The maximum atomic E-state index is 13.5. The first-order valence-corrected chi connectivity index (χ1v) is 13.2. The van der Waals surface area contributed by atoms with E-state index in [0.717, 1.165) is 36.8 Å². The van der Waals surface area contributed by atoms with Crippen molar-refractivity contribution in [2.45, 2.75) is 75.6 Å². The number of amides is 1. The van der Waals surface area contributed by atoms with Crippen molar-refractivity contribution in [3.63, 3.8) is 0 Å². The van der Waals surface area contributed by atoms with Crippen LogP contribution in [-0.2, 0) is 35.2 Å². The number of rotatable bonds is 7. The smallest absolute Gasteiger partial charge is 0.329 e. The number of fused-ring (bicyclic) bond motifs is 1. The quantitative estimate of drug-likeness (QED) is 0.435. The lowest BCUT2D eigenvalue weighted by atomic mass is 9.84. The van der Waals surface area contributed by atoms with E-state index >= 15 is 0 Å². The third-order valence-corrected chi connectivity index (χ3v) is 8.16. The Kier molecular flexibility index (Phi) is 7.38. The Hall–Kier alpha value is -2.71. The van der Waals surface area contributed by atoms with Crippen LogP contribution in [0.2, 0.25) is 0 Å². The first-order chi connectivity index (χ1) is 16.3. The molecule has 4 rings (SSSR count). The molecular weight excluding hydrogens is 454 g/mol. The molecular formula is C26H31NO6S. The number of aryl methyl sites for hydroxylation is 1. The number of carbonyl (C=O) groups excluding carboxylic acids is 2. The van der Waals surface area contributed by atoms with E-state index in [2.05, 4.69) is 0 Å². The van der Waals surface area contributed by atoms with Gasteiger partial charge in [-0.25, -0.2) is 4.79 Å². The van der Waals surface area contributed by atoms with Gasteiger partial charge in [-0.1, -0.05) is 60.9 Å². The number of hydrogen-bond acceptors (Lipinski definition) is 6. The highest BCUT2D eigenvalue weighted by atomic mass is 32.2. The third kappa shape index (κ3) is 5.33. The molecule has 34 heavy (non-hydrogen) atoms. The highest BCUT2D eigenvalue weighted by Gasteiger charge is 2.49. The van der Waals surface area contributed by atoms with E-state index in [1.165, 1.54) is 19.1 Å². The van der Waals surface area contributed by atoms with Crippen LogP contribution >= 0.6 is 0 Å². The molecule has 1 saturated carbocycles. The number of nitrogens with zero attached hydrogens (tertiary/aromatic N) is 1. The molecule has 0 aromatic heterocycles. The van der Waals surface area contributed by atoms with Gasteiger partial charge in [0.2, 0.25) is 0 Å². The maximum absolute atomic E-state index is 13.5. The van der Waals surface area contributed by atoms with E-state index in [-0.39, 0.29) is 23.5 Å². The summed E-state index contributed by atoms with van der Waals surface area (Å²) in [5.74, 6) is -0.750. The second-order valence-electron chi connectivity index (χ2n) is 9.21. The van der Waals surface area contributed by atoms with Gasteiger partial charge in [-0.15, -0.1) is 0 Å². The number of benzene rings is 2. The Balaban J connectivity index is 1.50. The van der Waals surface area contributed by atoms with E-state index in [9.17, 15) is 18.0 Å². The van der Waals surface area contributed by atoms with Crippen molar-refractivity contribution in [1.29, 1.82) is 0 Å². The summed E-state index contributed by atoms with van der Waals surface area (Å²) in [5.41, 5.74) is 1.78. The van der Waals surface area contributed by atoms with Gasteiger partial charge in [-0.05, 0) is 56.7 Å². The van der Waals surface area contributed by atoms with E-state index < -0.39 is 34.1 Å². The fourth-order valence-corrected chi connectivity index (χ4v) is 6.06. The summed E-state index contributed by atoms with van der Waals surface area (Å²) < 4.78 is 36.4. The lowest BCUT2D eigenvalue weighted by Gasteiger charge is -2.34. The summed E-state index contributed by atoms with van der Waals surface area (Å²) in [7, 11) is -4.13. The van der Waals surface area contributed by atoms with Gasteiger partial charge < -0.3 is 9.64 Å². The van der Waals surface area contributed by atoms with Gasteiger partial charge in [0.1, 0.15) is 12.6 Å². The number of likely N-dealkylation sites (tertiary alicyclic amines) is 1. The van der Waals surface area contributed by atoms with Gasteiger partial charge in [0.05, 0.1) is 4.90 Å². The van der Waals surface area contributed by atoms with Crippen LogP contribution in [0.5, 0.6) is 0 Å². The molecule has 182 valence electrons. The first-order valence-electron chi connectivity index (χ1n) is 11.8. The molecule has 1 heterocycles. The largest absolute Gasteiger partial charge is 0.459 e. The van der Waals surface area contributed by atoms with Gasteiger partial charge in [0, 0.05) is 6.04 Å². The molecule has 0 radical (unpaired) electrons. The molecule has 1 amide bonds. The lowest BCUT2D eigenvalue weighted by Crippen LogP contribution is -2.50. The molecule has 1 aliphatic heterocycles. The predicted molar refractivity (Wildman–Crippen MR) is 126 cm³/mol. The zero-order valence-corrected chi connectivity index (χ0v) is 20.4. The van der Waals surface area contributed by atoms with Crippen LogP contribution in [-0.4, -0.2) is 43.4 Å².